The van der Waals surface area contributed by atoms with E-state index in [1.165, 1.54) is 0 Å². The van der Waals surface area contributed by atoms with Gasteiger partial charge in [-0.3, -0.25) is 14.9 Å². The van der Waals surface area contributed by atoms with Gasteiger partial charge in [-0.15, -0.1) is 0 Å². The van der Waals surface area contributed by atoms with Gasteiger partial charge in [0, 0.05) is 29.9 Å². The van der Waals surface area contributed by atoms with Gasteiger partial charge >= 0.3 is 0 Å². The van der Waals surface area contributed by atoms with E-state index in [1.54, 1.807) is 36.4 Å². The van der Waals surface area contributed by atoms with Gasteiger partial charge in [-0.2, -0.15) is 0 Å². The highest BCUT2D eigenvalue weighted by Gasteiger charge is 2.12. The zero-order valence-electron chi connectivity index (χ0n) is 12.9. The molecule has 0 heterocycles. The lowest BCUT2D eigenvalue weighted by molar-refractivity contribution is 0.0849. The van der Waals surface area contributed by atoms with Crippen LogP contribution in [0.15, 0.2) is 54.6 Å². The standard InChI is InChI=1S/C18H20N2O2/c1-3-20(4-2)16-12-10-15(11-13-16)18(22)19-17(21)14-8-6-5-7-9-14/h5-13H,3-4H2,1-2H3,(H,19,21,22). The summed E-state index contributed by atoms with van der Waals surface area (Å²) < 4.78 is 0. The summed E-state index contributed by atoms with van der Waals surface area (Å²) in [6.07, 6.45) is 0. The van der Waals surface area contributed by atoms with Crippen LogP contribution in [0.2, 0.25) is 0 Å². The summed E-state index contributed by atoms with van der Waals surface area (Å²) in [7, 11) is 0. The predicted molar refractivity (Wildman–Crippen MR) is 88.2 cm³/mol. The van der Waals surface area contributed by atoms with Crippen LogP contribution in [0, 0.1) is 0 Å². The predicted octanol–water partition coefficient (Wildman–Crippen LogP) is 3.10. The van der Waals surface area contributed by atoms with Crippen molar-refractivity contribution in [3.63, 3.8) is 0 Å². The van der Waals surface area contributed by atoms with Crippen LogP contribution >= 0.6 is 0 Å². The number of anilines is 1. The Kier molecular flexibility index (Phi) is 5.31. The second-order valence-corrected chi connectivity index (χ2v) is 4.87. The van der Waals surface area contributed by atoms with Crippen LogP contribution < -0.4 is 10.2 Å². The van der Waals surface area contributed by atoms with E-state index in [0.717, 1.165) is 18.8 Å². The number of nitrogens with one attached hydrogen (secondary N) is 1. The van der Waals surface area contributed by atoms with Gasteiger partial charge < -0.3 is 4.90 Å². The number of carbonyl (C=O) groups is 2. The van der Waals surface area contributed by atoms with E-state index in [1.807, 2.05) is 18.2 Å². The largest absolute Gasteiger partial charge is 0.372 e. The summed E-state index contributed by atoms with van der Waals surface area (Å²) in [5.41, 5.74) is 2.01. The lowest BCUT2D eigenvalue weighted by Gasteiger charge is -2.21. The third kappa shape index (κ3) is 3.73. The van der Waals surface area contributed by atoms with Crippen LogP contribution in [0.1, 0.15) is 34.6 Å². The van der Waals surface area contributed by atoms with Crippen molar-refractivity contribution in [2.45, 2.75) is 13.8 Å². The van der Waals surface area contributed by atoms with E-state index in [-0.39, 0.29) is 5.91 Å². The second kappa shape index (κ2) is 7.41. The number of carbonyl (C=O) groups excluding carboxylic acids is 2. The molecule has 2 aromatic rings. The first-order chi connectivity index (χ1) is 10.7. The van der Waals surface area contributed by atoms with Crippen molar-refractivity contribution in [2.75, 3.05) is 18.0 Å². The summed E-state index contributed by atoms with van der Waals surface area (Å²) in [5.74, 6) is -0.779. The second-order valence-electron chi connectivity index (χ2n) is 4.87. The molecule has 0 spiro atoms. The van der Waals surface area contributed by atoms with Crippen molar-refractivity contribution in [2.24, 2.45) is 0 Å². The molecule has 0 aliphatic heterocycles. The molecule has 0 bridgehead atoms. The van der Waals surface area contributed by atoms with Crippen LogP contribution in [0.5, 0.6) is 0 Å². The molecule has 0 atom stereocenters. The molecule has 2 amide bonds. The number of imide groups is 1. The first-order valence-electron chi connectivity index (χ1n) is 7.41. The zero-order valence-corrected chi connectivity index (χ0v) is 12.9. The Bertz CT molecular complexity index is 632. The average molecular weight is 296 g/mol. The molecule has 2 rings (SSSR count). The Labute approximate surface area is 130 Å². The van der Waals surface area contributed by atoms with Crippen molar-refractivity contribution in [3.05, 3.63) is 65.7 Å². The number of rotatable bonds is 5. The first-order valence-corrected chi connectivity index (χ1v) is 7.41. The van der Waals surface area contributed by atoms with E-state index >= 15 is 0 Å². The molecular weight excluding hydrogens is 276 g/mol. The van der Waals surface area contributed by atoms with Gasteiger partial charge in [-0.25, -0.2) is 0 Å². The van der Waals surface area contributed by atoms with Gasteiger partial charge in [0.05, 0.1) is 0 Å². The Hall–Kier alpha value is -2.62. The van der Waals surface area contributed by atoms with Gasteiger partial charge in [0.1, 0.15) is 0 Å². The van der Waals surface area contributed by atoms with Crippen molar-refractivity contribution in [1.82, 2.24) is 5.32 Å². The van der Waals surface area contributed by atoms with Crippen LogP contribution in [-0.2, 0) is 0 Å². The van der Waals surface area contributed by atoms with Crippen LogP contribution in [-0.4, -0.2) is 24.9 Å². The number of benzene rings is 2. The Morgan fingerprint density at radius 1 is 0.818 bits per heavy atom. The minimum atomic E-state index is -0.390. The quantitative estimate of drug-likeness (QED) is 0.863. The van der Waals surface area contributed by atoms with E-state index in [0.29, 0.717) is 11.1 Å². The lowest BCUT2D eigenvalue weighted by atomic mass is 10.1. The third-order valence-electron chi connectivity index (χ3n) is 3.52. The Balaban J connectivity index is 2.05. The van der Waals surface area contributed by atoms with E-state index < -0.39 is 5.91 Å². The smallest absolute Gasteiger partial charge is 0.258 e. The number of amides is 2. The van der Waals surface area contributed by atoms with Crippen molar-refractivity contribution >= 4 is 17.5 Å². The summed E-state index contributed by atoms with van der Waals surface area (Å²) >= 11 is 0. The SMILES string of the molecule is CCN(CC)c1ccc(C(=O)NC(=O)c2ccccc2)cc1. The molecule has 22 heavy (non-hydrogen) atoms. The molecule has 0 radical (unpaired) electrons. The molecule has 0 unspecified atom stereocenters. The van der Waals surface area contributed by atoms with Gasteiger partial charge in [0.15, 0.2) is 0 Å². The fourth-order valence-corrected chi connectivity index (χ4v) is 2.25. The molecule has 0 aliphatic carbocycles. The monoisotopic (exact) mass is 296 g/mol. The number of hydrogen-bond donors (Lipinski definition) is 1. The molecular formula is C18H20N2O2. The maximum Gasteiger partial charge on any atom is 0.258 e. The Morgan fingerprint density at radius 3 is 1.82 bits per heavy atom. The van der Waals surface area contributed by atoms with Gasteiger partial charge in [-0.05, 0) is 50.2 Å². The summed E-state index contributed by atoms with van der Waals surface area (Å²) in [4.78, 5) is 26.3. The van der Waals surface area contributed by atoms with Crippen molar-refractivity contribution in [1.29, 1.82) is 0 Å². The molecule has 0 aromatic heterocycles. The molecule has 1 N–H and O–H groups in total. The van der Waals surface area contributed by atoms with E-state index in [9.17, 15) is 9.59 Å². The molecule has 0 saturated heterocycles. The summed E-state index contributed by atoms with van der Waals surface area (Å²) in [6, 6.07) is 16.0. The zero-order chi connectivity index (χ0) is 15.9. The van der Waals surface area contributed by atoms with E-state index in [2.05, 4.69) is 24.1 Å². The highest BCUT2D eigenvalue weighted by molar-refractivity contribution is 6.10. The maximum absolute atomic E-state index is 12.1. The molecule has 4 nitrogen and oxygen atoms in total. The van der Waals surface area contributed by atoms with Crippen molar-refractivity contribution in [3.8, 4) is 0 Å². The molecule has 0 aliphatic rings. The van der Waals surface area contributed by atoms with Gasteiger partial charge in [0.25, 0.3) is 11.8 Å². The van der Waals surface area contributed by atoms with Crippen LogP contribution in [0.3, 0.4) is 0 Å². The van der Waals surface area contributed by atoms with E-state index in [4.69, 9.17) is 0 Å². The van der Waals surface area contributed by atoms with Gasteiger partial charge in [0.2, 0.25) is 0 Å². The minimum absolute atomic E-state index is 0.389. The maximum atomic E-state index is 12.1. The van der Waals surface area contributed by atoms with Gasteiger partial charge in [-0.1, -0.05) is 18.2 Å². The minimum Gasteiger partial charge on any atom is -0.372 e. The first kappa shape index (κ1) is 15.8. The molecule has 114 valence electrons. The number of nitrogens with zero attached hydrogens (tertiary/aromatic N) is 1. The molecule has 2 aromatic carbocycles. The highest BCUT2D eigenvalue weighted by Crippen LogP contribution is 2.15. The topological polar surface area (TPSA) is 49.4 Å². The fourth-order valence-electron chi connectivity index (χ4n) is 2.25. The van der Waals surface area contributed by atoms with Crippen LogP contribution in [0.4, 0.5) is 5.69 Å². The third-order valence-corrected chi connectivity index (χ3v) is 3.52. The molecule has 4 heteroatoms. The molecule has 0 fully saturated rings. The summed E-state index contributed by atoms with van der Waals surface area (Å²) in [5, 5.41) is 2.40. The Morgan fingerprint density at radius 2 is 1.32 bits per heavy atom. The number of hydrogen-bond acceptors (Lipinski definition) is 3. The fraction of sp³-hybridized carbons (Fsp3) is 0.222. The van der Waals surface area contributed by atoms with Crippen molar-refractivity contribution < 1.29 is 9.59 Å². The van der Waals surface area contributed by atoms with Crippen LogP contribution in [0.25, 0.3) is 0 Å². The highest BCUT2D eigenvalue weighted by atomic mass is 16.2. The normalized spacial score (nSPS) is 10.1. The lowest BCUT2D eigenvalue weighted by Crippen LogP contribution is -2.30. The molecule has 0 saturated carbocycles. The average Bonchev–Trinajstić information content (AvgIpc) is 2.57. The summed E-state index contributed by atoms with van der Waals surface area (Å²) in [6.45, 7) is 5.99.